The number of rotatable bonds is 3. The van der Waals surface area contributed by atoms with Crippen molar-refractivity contribution in [2.24, 2.45) is 0 Å². The molecule has 1 heterocycles. The van der Waals surface area contributed by atoms with Gasteiger partial charge in [-0.1, -0.05) is 0 Å². The van der Waals surface area contributed by atoms with E-state index in [-0.39, 0.29) is 10.2 Å². The van der Waals surface area contributed by atoms with Crippen molar-refractivity contribution in [3.63, 3.8) is 0 Å². The second-order valence-electron chi connectivity index (χ2n) is 3.33. The third kappa shape index (κ3) is 3.26. The van der Waals surface area contributed by atoms with E-state index in [0.29, 0.717) is 6.54 Å². The Bertz CT molecular complexity index is 542. The number of thiophene rings is 1. The number of nitrogens with one attached hydrogen (secondary N) is 1. The number of hydrogen-bond acceptors (Lipinski definition) is 2. The van der Waals surface area contributed by atoms with E-state index >= 15 is 0 Å². The maximum absolute atomic E-state index is 13.4. The molecule has 90 valence electrons. The quantitative estimate of drug-likeness (QED) is 0.722. The van der Waals surface area contributed by atoms with E-state index in [0.717, 1.165) is 15.4 Å². The van der Waals surface area contributed by atoms with Gasteiger partial charge in [-0.05, 0) is 44.0 Å². The van der Waals surface area contributed by atoms with Crippen molar-refractivity contribution in [2.45, 2.75) is 6.54 Å². The molecule has 2 rings (SSSR count). The molecule has 1 aromatic carbocycles. The third-order valence-corrected chi connectivity index (χ3v) is 4.39. The van der Waals surface area contributed by atoms with E-state index in [2.05, 4.69) is 37.2 Å². The Labute approximate surface area is 118 Å². The summed E-state index contributed by atoms with van der Waals surface area (Å²) in [5, 5.41) is 4.88. The molecule has 6 heteroatoms. The van der Waals surface area contributed by atoms with Crippen LogP contribution >= 0.6 is 43.2 Å². The summed E-state index contributed by atoms with van der Waals surface area (Å²) in [6, 6.07) is 4.21. The number of anilines is 1. The average Bonchev–Trinajstić information content (AvgIpc) is 2.68. The highest BCUT2D eigenvalue weighted by atomic mass is 79.9. The zero-order valence-electron chi connectivity index (χ0n) is 8.44. The van der Waals surface area contributed by atoms with Crippen LogP contribution in [-0.4, -0.2) is 0 Å². The molecule has 2 aromatic rings. The Hall–Kier alpha value is -0.460. The van der Waals surface area contributed by atoms with E-state index in [1.165, 1.54) is 6.07 Å². The van der Waals surface area contributed by atoms with Gasteiger partial charge >= 0.3 is 0 Å². The van der Waals surface area contributed by atoms with Gasteiger partial charge in [0.05, 0.1) is 10.2 Å². The highest BCUT2D eigenvalue weighted by Gasteiger charge is 2.08. The van der Waals surface area contributed by atoms with Crippen molar-refractivity contribution in [3.8, 4) is 0 Å². The van der Waals surface area contributed by atoms with Gasteiger partial charge in [0.1, 0.15) is 11.6 Å². The molecule has 0 spiro atoms. The van der Waals surface area contributed by atoms with Gasteiger partial charge in [0, 0.05) is 27.3 Å². The summed E-state index contributed by atoms with van der Waals surface area (Å²) in [6.45, 7) is 0.505. The molecule has 0 radical (unpaired) electrons. The van der Waals surface area contributed by atoms with Crippen LogP contribution in [-0.2, 0) is 6.54 Å². The van der Waals surface area contributed by atoms with Crippen LogP contribution in [0.5, 0.6) is 0 Å². The molecule has 0 aliphatic carbocycles. The molecule has 0 fully saturated rings. The summed E-state index contributed by atoms with van der Waals surface area (Å²) >= 11 is 7.93. The van der Waals surface area contributed by atoms with Gasteiger partial charge in [0.25, 0.3) is 0 Å². The molecule has 0 amide bonds. The summed E-state index contributed by atoms with van der Waals surface area (Å²) in [4.78, 5) is 1.07. The monoisotopic (exact) mass is 381 g/mol. The molecule has 17 heavy (non-hydrogen) atoms. The lowest BCUT2D eigenvalue weighted by molar-refractivity contribution is 0.580. The Kier molecular flexibility index (Phi) is 4.17. The summed E-state index contributed by atoms with van der Waals surface area (Å²) in [5.41, 5.74) is 0.280. The molecule has 0 saturated carbocycles. The van der Waals surface area contributed by atoms with Crippen LogP contribution in [0.2, 0.25) is 0 Å². The first kappa shape index (κ1) is 13.0. The Morgan fingerprint density at radius 3 is 2.53 bits per heavy atom. The Morgan fingerprint density at radius 2 is 1.88 bits per heavy atom. The van der Waals surface area contributed by atoms with Crippen LogP contribution in [0.4, 0.5) is 14.5 Å². The minimum Gasteiger partial charge on any atom is -0.378 e. The second-order valence-corrected chi connectivity index (χ2v) is 6.10. The Balaban J connectivity index is 2.11. The molecule has 0 bridgehead atoms. The molecular weight excluding hydrogens is 376 g/mol. The first-order chi connectivity index (χ1) is 8.06. The third-order valence-electron chi connectivity index (χ3n) is 2.08. The second kappa shape index (κ2) is 5.46. The van der Waals surface area contributed by atoms with E-state index in [9.17, 15) is 8.78 Å². The van der Waals surface area contributed by atoms with Gasteiger partial charge in [-0.3, -0.25) is 0 Å². The number of halogens is 4. The molecule has 0 unspecified atom stereocenters. The summed E-state index contributed by atoms with van der Waals surface area (Å²) in [5.74, 6) is -1.20. The predicted octanol–water partition coefficient (Wildman–Crippen LogP) is 5.16. The van der Waals surface area contributed by atoms with Crippen molar-refractivity contribution in [1.29, 1.82) is 0 Å². The van der Waals surface area contributed by atoms with Gasteiger partial charge in [-0.2, -0.15) is 0 Å². The summed E-state index contributed by atoms with van der Waals surface area (Å²) < 4.78 is 27.7. The molecule has 0 atom stereocenters. The normalized spacial score (nSPS) is 10.6. The first-order valence-electron chi connectivity index (χ1n) is 4.67. The molecular formula is C11H7Br2F2NS. The number of hydrogen-bond donors (Lipinski definition) is 1. The average molecular weight is 383 g/mol. The SMILES string of the molecule is Fc1cc(F)c(NCc2cc(Br)cs2)cc1Br. The Morgan fingerprint density at radius 1 is 1.12 bits per heavy atom. The minimum absolute atomic E-state index is 0.244. The zero-order chi connectivity index (χ0) is 12.4. The lowest BCUT2D eigenvalue weighted by Gasteiger charge is -2.07. The predicted molar refractivity (Wildman–Crippen MR) is 73.4 cm³/mol. The van der Waals surface area contributed by atoms with Crippen LogP contribution in [0.15, 0.2) is 32.5 Å². The highest BCUT2D eigenvalue weighted by Crippen LogP contribution is 2.25. The highest BCUT2D eigenvalue weighted by molar-refractivity contribution is 9.10. The van der Waals surface area contributed by atoms with Crippen LogP contribution in [0.1, 0.15) is 4.88 Å². The summed E-state index contributed by atoms with van der Waals surface area (Å²) in [6.07, 6.45) is 0. The fourth-order valence-electron chi connectivity index (χ4n) is 1.29. The molecule has 1 N–H and O–H groups in total. The van der Waals surface area contributed by atoms with Crippen molar-refractivity contribution in [1.82, 2.24) is 0 Å². The minimum atomic E-state index is -0.605. The molecule has 0 saturated heterocycles. The maximum Gasteiger partial charge on any atom is 0.149 e. The van der Waals surface area contributed by atoms with E-state index < -0.39 is 11.6 Å². The number of benzene rings is 1. The van der Waals surface area contributed by atoms with Crippen molar-refractivity contribution in [3.05, 3.63) is 49.0 Å². The summed E-state index contributed by atoms with van der Waals surface area (Å²) in [7, 11) is 0. The van der Waals surface area contributed by atoms with E-state index in [1.807, 2.05) is 11.4 Å². The van der Waals surface area contributed by atoms with Gasteiger partial charge in [0.15, 0.2) is 0 Å². The maximum atomic E-state index is 13.4. The van der Waals surface area contributed by atoms with Crippen LogP contribution in [0.3, 0.4) is 0 Å². The van der Waals surface area contributed by atoms with Crippen molar-refractivity contribution in [2.75, 3.05) is 5.32 Å². The molecule has 1 aromatic heterocycles. The van der Waals surface area contributed by atoms with Gasteiger partial charge in [-0.15, -0.1) is 11.3 Å². The molecule has 0 aliphatic heterocycles. The topological polar surface area (TPSA) is 12.0 Å². The fraction of sp³-hybridized carbons (Fsp3) is 0.0909. The standard InChI is InChI=1S/C11H7Br2F2NS/c12-6-1-7(17-5-6)4-16-11-2-8(13)9(14)3-10(11)15/h1-3,5,16H,4H2. The first-order valence-corrected chi connectivity index (χ1v) is 7.14. The largest absolute Gasteiger partial charge is 0.378 e. The van der Waals surface area contributed by atoms with Crippen LogP contribution in [0, 0.1) is 11.6 Å². The molecule has 0 aliphatic rings. The van der Waals surface area contributed by atoms with Crippen LogP contribution < -0.4 is 5.32 Å². The van der Waals surface area contributed by atoms with Crippen LogP contribution in [0.25, 0.3) is 0 Å². The van der Waals surface area contributed by atoms with Gasteiger partial charge in [-0.25, -0.2) is 8.78 Å². The smallest absolute Gasteiger partial charge is 0.149 e. The lowest BCUT2D eigenvalue weighted by atomic mass is 10.3. The lowest BCUT2D eigenvalue weighted by Crippen LogP contribution is -2.00. The van der Waals surface area contributed by atoms with Crippen molar-refractivity contribution >= 4 is 48.9 Å². The fourth-order valence-corrected chi connectivity index (χ4v) is 3.02. The molecule has 1 nitrogen and oxygen atoms in total. The van der Waals surface area contributed by atoms with Gasteiger partial charge in [0.2, 0.25) is 0 Å². The van der Waals surface area contributed by atoms with Crippen molar-refractivity contribution < 1.29 is 8.78 Å². The van der Waals surface area contributed by atoms with E-state index in [1.54, 1.807) is 11.3 Å². The van der Waals surface area contributed by atoms with E-state index in [4.69, 9.17) is 0 Å². The van der Waals surface area contributed by atoms with Gasteiger partial charge < -0.3 is 5.32 Å². The zero-order valence-corrected chi connectivity index (χ0v) is 12.4.